The largest absolute Gasteiger partial charge is 0.462 e. The van der Waals surface area contributed by atoms with Crippen LogP contribution in [-0.4, -0.2) is 37.2 Å². The minimum atomic E-state index is -0.765. The second-order valence-corrected chi connectivity index (χ2v) is 13.2. The predicted molar refractivity (Wildman–Crippen MR) is 196 cm³/mol. The molecule has 0 amide bonds. The minimum Gasteiger partial charge on any atom is -0.462 e. The monoisotopic (exact) mass is 663 g/mol. The van der Waals surface area contributed by atoms with Crippen LogP contribution in [0.1, 0.15) is 201 Å². The second-order valence-electron chi connectivity index (χ2n) is 13.2. The topological polar surface area (TPSA) is 78.9 Å². The highest BCUT2D eigenvalue weighted by atomic mass is 16.6. The summed E-state index contributed by atoms with van der Waals surface area (Å²) in [5.74, 6) is -0.906. The summed E-state index contributed by atoms with van der Waals surface area (Å²) in [5.41, 5.74) is 0. The molecule has 274 valence electrons. The molecule has 0 spiro atoms. The molecule has 0 aromatic rings. The van der Waals surface area contributed by atoms with E-state index in [1.807, 2.05) is 0 Å². The van der Waals surface area contributed by atoms with Crippen LogP contribution in [0, 0.1) is 0 Å². The zero-order valence-electron chi connectivity index (χ0n) is 31.0. The summed E-state index contributed by atoms with van der Waals surface area (Å²) in [6.45, 7) is 6.49. The Labute approximate surface area is 290 Å². The van der Waals surface area contributed by atoms with E-state index >= 15 is 0 Å². The van der Waals surface area contributed by atoms with E-state index in [2.05, 4.69) is 45.1 Å². The maximum Gasteiger partial charge on any atom is 0.306 e. The first-order valence-electron chi connectivity index (χ1n) is 19.8. The van der Waals surface area contributed by atoms with Crippen LogP contribution < -0.4 is 0 Å². The second kappa shape index (κ2) is 36.7. The van der Waals surface area contributed by atoms with Crippen molar-refractivity contribution >= 4 is 17.9 Å². The summed E-state index contributed by atoms with van der Waals surface area (Å²) in [5, 5.41) is 0. The quantitative estimate of drug-likeness (QED) is 0.0291. The first kappa shape index (κ1) is 44.9. The van der Waals surface area contributed by atoms with Gasteiger partial charge in [0.25, 0.3) is 0 Å². The molecule has 1 atom stereocenters. The van der Waals surface area contributed by atoms with E-state index in [1.54, 1.807) is 0 Å². The van der Waals surface area contributed by atoms with Crippen LogP contribution in [0.2, 0.25) is 0 Å². The van der Waals surface area contributed by atoms with Gasteiger partial charge in [0.05, 0.1) is 0 Å². The fraction of sp³-hybridized carbons (Fsp3) is 0.829. The molecule has 6 heteroatoms. The minimum absolute atomic E-state index is 0.0746. The molecule has 6 nitrogen and oxygen atoms in total. The van der Waals surface area contributed by atoms with Gasteiger partial charge in [-0.15, -0.1) is 0 Å². The summed E-state index contributed by atoms with van der Waals surface area (Å²) in [6.07, 6.45) is 37.5. The van der Waals surface area contributed by atoms with Gasteiger partial charge in [0.15, 0.2) is 6.10 Å². The lowest BCUT2D eigenvalue weighted by molar-refractivity contribution is -0.167. The number of carbonyl (C=O) groups excluding carboxylic acids is 3. The van der Waals surface area contributed by atoms with Gasteiger partial charge in [-0.25, -0.2) is 0 Å². The summed E-state index contributed by atoms with van der Waals surface area (Å²) in [7, 11) is 0. The number of hydrogen-bond acceptors (Lipinski definition) is 6. The lowest BCUT2D eigenvalue weighted by Gasteiger charge is -2.18. The molecule has 0 aliphatic heterocycles. The summed E-state index contributed by atoms with van der Waals surface area (Å²) < 4.78 is 16.5. The fourth-order valence-corrected chi connectivity index (χ4v) is 5.41. The van der Waals surface area contributed by atoms with Crippen molar-refractivity contribution in [2.24, 2.45) is 0 Å². The highest BCUT2D eigenvalue weighted by Crippen LogP contribution is 2.13. The van der Waals surface area contributed by atoms with Gasteiger partial charge in [0, 0.05) is 19.3 Å². The van der Waals surface area contributed by atoms with Crippen molar-refractivity contribution in [3.8, 4) is 0 Å². The molecule has 0 aliphatic carbocycles. The zero-order valence-corrected chi connectivity index (χ0v) is 31.0. The molecule has 0 aromatic carbocycles. The molecule has 0 saturated carbocycles. The first-order chi connectivity index (χ1) is 23.0. The third-order valence-electron chi connectivity index (χ3n) is 8.46. The Morgan fingerprint density at radius 2 is 0.766 bits per heavy atom. The number of carbonyl (C=O) groups is 3. The van der Waals surface area contributed by atoms with E-state index in [9.17, 15) is 14.4 Å². The molecule has 0 radical (unpaired) electrons. The summed E-state index contributed by atoms with van der Waals surface area (Å²) >= 11 is 0. The molecule has 0 N–H and O–H groups in total. The van der Waals surface area contributed by atoms with Gasteiger partial charge in [0.2, 0.25) is 0 Å². The third-order valence-corrected chi connectivity index (χ3v) is 8.46. The number of unbranched alkanes of at least 4 members (excludes halogenated alkanes) is 20. The predicted octanol–water partition coefficient (Wildman–Crippen LogP) is 12.1. The van der Waals surface area contributed by atoms with E-state index in [0.717, 1.165) is 77.0 Å². The van der Waals surface area contributed by atoms with Crippen molar-refractivity contribution < 1.29 is 28.6 Å². The van der Waals surface area contributed by atoms with E-state index in [1.165, 1.54) is 83.5 Å². The molecule has 0 fully saturated rings. The smallest absolute Gasteiger partial charge is 0.306 e. The number of rotatable bonds is 35. The highest BCUT2D eigenvalue weighted by molar-refractivity contribution is 5.71. The van der Waals surface area contributed by atoms with Crippen LogP contribution in [0.3, 0.4) is 0 Å². The molecule has 0 aromatic heterocycles. The molecule has 0 aliphatic rings. The SMILES string of the molecule is CCCCC/C=C\C/C=C\CCCCCCCC(=O)OCC(COC(=O)CCCCCCCC)OC(=O)CCCCCCCCCC. The maximum absolute atomic E-state index is 12.5. The van der Waals surface area contributed by atoms with Gasteiger partial charge in [0.1, 0.15) is 13.2 Å². The van der Waals surface area contributed by atoms with Crippen molar-refractivity contribution in [1.29, 1.82) is 0 Å². The highest BCUT2D eigenvalue weighted by Gasteiger charge is 2.19. The Balaban J connectivity index is 4.28. The first-order valence-corrected chi connectivity index (χ1v) is 19.8. The fourth-order valence-electron chi connectivity index (χ4n) is 5.41. The molecule has 0 saturated heterocycles. The Bertz CT molecular complexity index is 774. The van der Waals surface area contributed by atoms with Crippen LogP contribution in [0.4, 0.5) is 0 Å². The molecular weight excluding hydrogens is 588 g/mol. The average molecular weight is 663 g/mol. The lowest BCUT2D eigenvalue weighted by atomic mass is 10.1. The van der Waals surface area contributed by atoms with Gasteiger partial charge >= 0.3 is 17.9 Å². The van der Waals surface area contributed by atoms with Gasteiger partial charge in [-0.05, 0) is 51.4 Å². The van der Waals surface area contributed by atoms with Crippen molar-refractivity contribution in [2.75, 3.05) is 13.2 Å². The summed E-state index contributed by atoms with van der Waals surface area (Å²) in [6, 6.07) is 0. The normalized spacial score (nSPS) is 12.1. The van der Waals surface area contributed by atoms with Gasteiger partial charge < -0.3 is 14.2 Å². The average Bonchev–Trinajstić information content (AvgIpc) is 3.06. The molecule has 1 unspecified atom stereocenters. The van der Waals surface area contributed by atoms with Crippen LogP contribution >= 0.6 is 0 Å². The molecule has 0 bridgehead atoms. The van der Waals surface area contributed by atoms with Gasteiger partial charge in [-0.1, -0.05) is 154 Å². The zero-order chi connectivity index (χ0) is 34.5. The van der Waals surface area contributed by atoms with E-state index in [0.29, 0.717) is 19.3 Å². The Morgan fingerprint density at radius 1 is 0.426 bits per heavy atom. The standard InChI is InChI=1S/C41H74O6/c1-4-7-10-13-16-18-19-20-21-22-23-24-26-28-31-34-40(43)46-37-38(36-45-39(42)33-30-27-15-12-9-6-3)47-41(44)35-32-29-25-17-14-11-8-5-2/h16,18,20-21,38H,4-15,17,19,22-37H2,1-3H3/b18-16-,21-20-. The van der Waals surface area contributed by atoms with Gasteiger partial charge in [-0.3, -0.25) is 14.4 Å². The molecule has 0 rings (SSSR count). The van der Waals surface area contributed by atoms with Crippen molar-refractivity contribution in [1.82, 2.24) is 0 Å². The number of hydrogen-bond donors (Lipinski definition) is 0. The lowest BCUT2D eigenvalue weighted by Crippen LogP contribution is -2.30. The maximum atomic E-state index is 12.5. The molecule has 0 heterocycles. The molecular formula is C41H74O6. The van der Waals surface area contributed by atoms with E-state index in [-0.39, 0.29) is 31.1 Å². The van der Waals surface area contributed by atoms with Crippen molar-refractivity contribution in [3.05, 3.63) is 24.3 Å². The Hall–Kier alpha value is -2.11. The van der Waals surface area contributed by atoms with Crippen molar-refractivity contribution in [3.63, 3.8) is 0 Å². The Kier molecular flexibility index (Phi) is 35.1. The van der Waals surface area contributed by atoms with Gasteiger partial charge in [-0.2, -0.15) is 0 Å². The number of esters is 3. The summed E-state index contributed by atoms with van der Waals surface area (Å²) in [4.78, 5) is 37.2. The third kappa shape index (κ3) is 35.0. The van der Waals surface area contributed by atoms with E-state index in [4.69, 9.17) is 14.2 Å². The van der Waals surface area contributed by atoms with E-state index < -0.39 is 6.10 Å². The van der Waals surface area contributed by atoms with Crippen LogP contribution in [0.5, 0.6) is 0 Å². The van der Waals surface area contributed by atoms with Crippen molar-refractivity contribution in [2.45, 2.75) is 207 Å². The molecule has 47 heavy (non-hydrogen) atoms. The Morgan fingerprint density at radius 3 is 1.21 bits per heavy atom. The number of allylic oxidation sites excluding steroid dienone is 4. The van der Waals surface area contributed by atoms with Crippen LogP contribution in [0.25, 0.3) is 0 Å². The van der Waals surface area contributed by atoms with Crippen LogP contribution in [-0.2, 0) is 28.6 Å². The van der Waals surface area contributed by atoms with Crippen LogP contribution in [0.15, 0.2) is 24.3 Å². The number of ether oxygens (including phenoxy) is 3.